The fourth-order valence-corrected chi connectivity index (χ4v) is 3.29. The number of para-hydroxylation sites is 1. The number of carbonyl (C=O) groups excluding carboxylic acids is 1. The number of benzene rings is 2. The molecule has 6 nitrogen and oxygen atoms in total. The summed E-state index contributed by atoms with van der Waals surface area (Å²) in [7, 11) is 1.54. The van der Waals surface area contributed by atoms with E-state index in [9.17, 15) is 18.0 Å². The summed E-state index contributed by atoms with van der Waals surface area (Å²) >= 11 is 0. The first-order chi connectivity index (χ1) is 13.9. The first-order valence-corrected chi connectivity index (χ1v) is 8.81. The van der Waals surface area contributed by atoms with Crippen molar-refractivity contribution in [1.29, 1.82) is 0 Å². The number of aromatic nitrogens is 2. The van der Waals surface area contributed by atoms with Crippen LogP contribution in [0.15, 0.2) is 53.1 Å². The number of rotatable bonds is 4. The van der Waals surface area contributed by atoms with Crippen molar-refractivity contribution in [3.05, 3.63) is 59.9 Å². The van der Waals surface area contributed by atoms with Crippen LogP contribution in [0.25, 0.3) is 11.5 Å². The van der Waals surface area contributed by atoms with E-state index < -0.39 is 11.7 Å². The lowest BCUT2D eigenvalue weighted by molar-refractivity contribution is -0.137. The highest BCUT2D eigenvalue weighted by Gasteiger charge is 2.36. The van der Waals surface area contributed by atoms with Gasteiger partial charge in [-0.3, -0.25) is 4.79 Å². The summed E-state index contributed by atoms with van der Waals surface area (Å²) in [5, 5.41) is 3.99. The Labute approximate surface area is 163 Å². The van der Waals surface area contributed by atoms with Gasteiger partial charge < -0.3 is 14.2 Å². The van der Waals surface area contributed by atoms with Crippen molar-refractivity contribution < 1.29 is 27.2 Å². The molecule has 0 N–H and O–H groups in total. The summed E-state index contributed by atoms with van der Waals surface area (Å²) in [5.74, 6) is 0.693. The van der Waals surface area contributed by atoms with Gasteiger partial charge in [-0.05, 0) is 36.4 Å². The lowest BCUT2D eigenvalue weighted by Crippen LogP contribution is -2.24. The summed E-state index contributed by atoms with van der Waals surface area (Å²) in [5.41, 5.74) is 0.278. The molecule has 1 aliphatic rings. The molecule has 0 aliphatic carbocycles. The number of alkyl halides is 3. The molecule has 2 heterocycles. The second-order valence-electron chi connectivity index (χ2n) is 6.61. The maximum atomic E-state index is 12.7. The van der Waals surface area contributed by atoms with Crippen LogP contribution in [0, 0.1) is 0 Å². The maximum Gasteiger partial charge on any atom is 0.416 e. The summed E-state index contributed by atoms with van der Waals surface area (Å²) in [6.45, 7) is 0.259. The second kappa shape index (κ2) is 7.23. The van der Waals surface area contributed by atoms with Gasteiger partial charge in [-0.1, -0.05) is 17.3 Å². The van der Waals surface area contributed by atoms with Gasteiger partial charge in [-0.15, -0.1) is 0 Å². The van der Waals surface area contributed by atoms with Crippen LogP contribution < -0.4 is 9.64 Å². The van der Waals surface area contributed by atoms with Crippen LogP contribution in [0.5, 0.6) is 5.75 Å². The number of anilines is 1. The number of ether oxygens (including phenoxy) is 1. The van der Waals surface area contributed by atoms with Crippen LogP contribution >= 0.6 is 0 Å². The Balaban J connectivity index is 1.54. The second-order valence-corrected chi connectivity index (χ2v) is 6.61. The van der Waals surface area contributed by atoms with E-state index in [4.69, 9.17) is 9.26 Å². The van der Waals surface area contributed by atoms with Crippen LogP contribution in [0.4, 0.5) is 18.9 Å². The predicted molar refractivity (Wildman–Crippen MR) is 97.4 cm³/mol. The molecule has 150 valence electrons. The fraction of sp³-hybridized carbons (Fsp3) is 0.250. The van der Waals surface area contributed by atoms with E-state index in [-0.39, 0.29) is 30.7 Å². The first-order valence-electron chi connectivity index (χ1n) is 8.81. The Bertz CT molecular complexity index is 1030. The third-order valence-electron chi connectivity index (χ3n) is 4.78. The van der Waals surface area contributed by atoms with E-state index in [1.54, 1.807) is 12.1 Å². The summed E-state index contributed by atoms with van der Waals surface area (Å²) in [4.78, 5) is 18.2. The number of hydrogen-bond acceptors (Lipinski definition) is 5. The average Bonchev–Trinajstić information content (AvgIpc) is 3.34. The molecular formula is C20H16F3N3O3. The van der Waals surface area contributed by atoms with Gasteiger partial charge in [0.15, 0.2) is 5.82 Å². The molecule has 0 bridgehead atoms. The molecule has 1 unspecified atom stereocenters. The van der Waals surface area contributed by atoms with Gasteiger partial charge in [-0.25, -0.2) is 0 Å². The number of hydrogen-bond donors (Lipinski definition) is 0. The molecule has 0 saturated carbocycles. The number of nitrogens with zero attached hydrogens (tertiary/aromatic N) is 3. The van der Waals surface area contributed by atoms with Crippen molar-refractivity contribution in [2.75, 3.05) is 18.6 Å². The Kier molecular flexibility index (Phi) is 4.73. The molecule has 3 aromatic rings. The van der Waals surface area contributed by atoms with Gasteiger partial charge in [0.1, 0.15) is 5.75 Å². The van der Waals surface area contributed by atoms with Gasteiger partial charge in [0.2, 0.25) is 5.91 Å². The third-order valence-corrected chi connectivity index (χ3v) is 4.78. The predicted octanol–water partition coefficient (Wildman–Crippen LogP) is 4.28. The smallest absolute Gasteiger partial charge is 0.416 e. The monoisotopic (exact) mass is 403 g/mol. The number of halogens is 3. The van der Waals surface area contributed by atoms with Gasteiger partial charge in [0.05, 0.1) is 18.2 Å². The lowest BCUT2D eigenvalue weighted by Gasteiger charge is -2.17. The van der Waals surface area contributed by atoms with Crippen LogP contribution in [-0.2, 0) is 11.0 Å². The van der Waals surface area contributed by atoms with Crippen molar-refractivity contribution in [3.8, 4) is 17.2 Å². The fourth-order valence-electron chi connectivity index (χ4n) is 3.29. The Morgan fingerprint density at radius 1 is 1.14 bits per heavy atom. The maximum absolute atomic E-state index is 12.7. The molecule has 0 spiro atoms. The van der Waals surface area contributed by atoms with Crippen LogP contribution in [0.3, 0.4) is 0 Å². The Morgan fingerprint density at radius 3 is 2.55 bits per heavy atom. The zero-order chi connectivity index (χ0) is 20.6. The highest BCUT2D eigenvalue weighted by Crippen LogP contribution is 2.35. The van der Waals surface area contributed by atoms with E-state index in [0.717, 1.165) is 12.1 Å². The normalized spacial score (nSPS) is 17.0. The van der Waals surface area contributed by atoms with Gasteiger partial charge >= 0.3 is 6.18 Å². The molecule has 1 aromatic heterocycles. The minimum atomic E-state index is -4.42. The minimum absolute atomic E-state index is 0.145. The van der Waals surface area contributed by atoms with Crippen molar-refractivity contribution in [1.82, 2.24) is 10.1 Å². The van der Waals surface area contributed by atoms with Crippen molar-refractivity contribution in [2.24, 2.45) is 0 Å². The van der Waals surface area contributed by atoms with Gasteiger partial charge in [0.25, 0.3) is 5.89 Å². The molecular weight excluding hydrogens is 387 g/mol. The summed E-state index contributed by atoms with van der Waals surface area (Å²) in [6.07, 6.45) is -4.28. The molecule has 1 amide bonds. The molecule has 29 heavy (non-hydrogen) atoms. The molecule has 1 fully saturated rings. The van der Waals surface area contributed by atoms with Crippen molar-refractivity contribution in [3.63, 3.8) is 0 Å². The van der Waals surface area contributed by atoms with E-state index in [0.29, 0.717) is 22.8 Å². The molecule has 2 aromatic carbocycles. The minimum Gasteiger partial charge on any atom is -0.496 e. The first kappa shape index (κ1) is 19.0. The van der Waals surface area contributed by atoms with Crippen LogP contribution in [0.2, 0.25) is 0 Å². The quantitative estimate of drug-likeness (QED) is 0.650. The lowest BCUT2D eigenvalue weighted by atomic mass is 10.1. The summed E-state index contributed by atoms with van der Waals surface area (Å²) in [6, 6.07) is 11.7. The largest absolute Gasteiger partial charge is 0.496 e. The molecule has 1 atom stereocenters. The highest BCUT2D eigenvalue weighted by molar-refractivity contribution is 5.96. The SMILES string of the molecule is COc1ccccc1-c1nc(C2CC(=O)N(c3ccc(C(F)(F)F)cc3)C2)no1. The average molecular weight is 403 g/mol. The van der Waals surface area contributed by atoms with Gasteiger partial charge in [-0.2, -0.15) is 18.2 Å². The highest BCUT2D eigenvalue weighted by atomic mass is 19.4. The number of carbonyl (C=O) groups is 1. The van der Waals surface area contributed by atoms with Crippen molar-refractivity contribution in [2.45, 2.75) is 18.5 Å². The molecule has 0 radical (unpaired) electrons. The number of methoxy groups -OCH3 is 1. The van der Waals surface area contributed by atoms with Gasteiger partial charge in [0, 0.05) is 24.6 Å². The summed E-state index contributed by atoms with van der Waals surface area (Å²) < 4.78 is 48.8. The zero-order valence-electron chi connectivity index (χ0n) is 15.3. The zero-order valence-corrected chi connectivity index (χ0v) is 15.3. The third kappa shape index (κ3) is 3.67. The molecule has 9 heteroatoms. The van der Waals surface area contributed by atoms with Crippen LogP contribution in [0.1, 0.15) is 23.7 Å². The Hall–Kier alpha value is -3.36. The van der Waals surface area contributed by atoms with E-state index in [1.165, 1.54) is 24.1 Å². The van der Waals surface area contributed by atoms with Crippen LogP contribution in [-0.4, -0.2) is 29.7 Å². The van der Waals surface area contributed by atoms with E-state index in [1.807, 2.05) is 12.1 Å². The molecule has 1 saturated heterocycles. The van der Waals surface area contributed by atoms with E-state index in [2.05, 4.69) is 10.1 Å². The van der Waals surface area contributed by atoms with E-state index >= 15 is 0 Å². The van der Waals surface area contributed by atoms with Crippen molar-refractivity contribution >= 4 is 11.6 Å². The standard InChI is InChI=1S/C20H16F3N3O3/c1-28-16-5-3-2-4-15(16)19-24-18(25-29-19)12-10-17(27)26(11-12)14-8-6-13(7-9-14)20(21,22)23/h2-9,12H,10-11H2,1H3. The topological polar surface area (TPSA) is 68.5 Å². The Morgan fingerprint density at radius 2 is 1.86 bits per heavy atom. The number of amides is 1. The molecule has 4 rings (SSSR count). The molecule has 1 aliphatic heterocycles.